The summed E-state index contributed by atoms with van der Waals surface area (Å²) in [5.41, 5.74) is 2.56. The zero-order chi connectivity index (χ0) is 37.4. The molecule has 14 heteroatoms. The molecule has 0 unspecified atom stereocenters. The van der Waals surface area contributed by atoms with Crippen LogP contribution in [0.5, 0.6) is 0 Å². The van der Waals surface area contributed by atoms with Gasteiger partial charge in [0.2, 0.25) is 17.4 Å². The number of carbonyl (C=O) groups excluding carboxylic acids is 2. The second-order valence-electron chi connectivity index (χ2n) is 14.4. The van der Waals surface area contributed by atoms with Crippen molar-refractivity contribution in [2.75, 3.05) is 33.7 Å². The fourth-order valence-electron chi connectivity index (χ4n) is 8.32. The van der Waals surface area contributed by atoms with Crippen LogP contribution in [0.2, 0.25) is 0 Å². The standard InChI is InChI=1S/C20H25N5O2.C19H23N5O2/c1-4-15-20(27)24(3)16-12-21-18(13-9-10-23(2)17(26)11-13)22-19(16)25(15)14-7-5-6-8-14;1-3-14-19(26)23(2)15-11-21-17(12-8-9-20-16(25)10-12)22-18(15)24(14)13-6-4-5-7-13/h9-12,14-15H,4-8H2,1-3H3;8-11,13-14H,3-7H2,1-2H3,(H,20,25)/t15-;14-/m11/s1. The van der Waals surface area contributed by atoms with Gasteiger partial charge in [-0.15, -0.1) is 0 Å². The topological polar surface area (TPSA) is 154 Å². The lowest BCUT2D eigenvalue weighted by Gasteiger charge is -2.43. The van der Waals surface area contributed by atoms with Crippen LogP contribution in [0.4, 0.5) is 23.0 Å². The van der Waals surface area contributed by atoms with Crippen LogP contribution in [-0.4, -0.2) is 79.6 Å². The van der Waals surface area contributed by atoms with E-state index < -0.39 is 0 Å². The average molecular weight is 721 g/mol. The molecule has 1 N–H and O–H groups in total. The molecule has 2 atom stereocenters. The Labute approximate surface area is 308 Å². The molecule has 2 aliphatic carbocycles. The molecule has 4 aliphatic rings. The number of fused-ring (bicyclic) bond motifs is 2. The molecule has 4 aromatic heterocycles. The maximum atomic E-state index is 12.9. The zero-order valence-electron chi connectivity index (χ0n) is 31.2. The van der Waals surface area contributed by atoms with Gasteiger partial charge in [0, 0.05) is 68.9 Å². The van der Waals surface area contributed by atoms with E-state index in [0.29, 0.717) is 34.9 Å². The van der Waals surface area contributed by atoms with Crippen molar-refractivity contribution in [3.63, 3.8) is 0 Å². The van der Waals surface area contributed by atoms with E-state index in [9.17, 15) is 19.2 Å². The van der Waals surface area contributed by atoms with E-state index in [-0.39, 0.29) is 35.0 Å². The van der Waals surface area contributed by atoms with Crippen molar-refractivity contribution in [1.29, 1.82) is 0 Å². The minimum absolute atomic E-state index is 0.0967. The first-order valence-corrected chi connectivity index (χ1v) is 18.8. The Bertz CT molecular complexity index is 2120. The summed E-state index contributed by atoms with van der Waals surface area (Å²) in [4.78, 5) is 78.3. The summed E-state index contributed by atoms with van der Waals surface area (Å²) >= 11 is 0. The molecule has 0 bridgehead atoms. The first-order valence-electron chi connectivity index (χ1n) is 18.8. The molecule has 53 heavy (non-hydrogen) atoms. The van der Waals surface area contributed by atoms with E-state index in [1.54, 1.807) is 67.9 Å². The number of carbonyl (C=O) groups is 2. The lowest BCUT2D eigenvalue weighted by molar-refractivity contribution is -0.120. The molecule has 0 radical (unpaired) electrons. The molecule has 14 nitrogen and oxygen atoms in total. The number of amides is 2. The number of rotatable bonds is 6. The Kier molecular flexibility index (Phi) is 10.1. The summed E-state index contributed by atoms with van der Waals surface area (Å²) in [6.45, 7) is 4.09. The smallest absolute Gasteiger partial charge is 0.250 e. The minimum atomic E-state index is -0.197. The molecule has 8 rings (SSSR count). The van der Waals surface area contributed by atoms with Gasteiger partial charge < -0.3 is 29.2 Å². The van der Waals surface area contributed by atoms with Crippen molar-refractivity contribution in [3.05, 3.63) is 69.8 Å². The van der Waals surface area contributed by atoms with Crippen LogP contribution in [-0.2, 0) is 16.6 Å². The highest BCUT2D eigenvalue weighted by Gasteiger charge is 2.42. The highest BCUT2D eigenvalue weighted by Crippen LogP contribution is 2.41. The molecule has 4 aromatic rings. The molecule has 0 aromatic carbocycles. The SMILES string of the molecule is CC[C@@H]1C(=O)N(C)c2cnc(-c3cc[nH]c(=O)c3)nc2N1C1CCCC1.CC[C@@H]1C(=O)N(C)c2cnc(-c3ccn(C)c(=O)c3)nc2N1C1CCCC1. The largest absolute Gasteiger partial charge is 0.340 e. The summed E-state index contributed by atoms with van der Waals surface area (Å²) in [7, 11) is 5.29. The first kappa shape index (κ1) is 36.0. The third kappa shape index (κ3) is 6.70. The molecule has 0 spiro atoms. The second kappa shape index (κ2) is 14.9. The van der Waals surface area contributed by atoms with Crippen LogP contribution in [0.15, 0.2) is 58.6 Å². The van der Waals surface area contributed by atoms with E-state index in [1.807, 2.05) is 19.9 Å². The quantitative estimate of drug-likeness (QED) is 0.297. The molecule has 2 saturated carbocycles. The number of likely N-dealkylation sites (N-methyl/N-ethyl adjacent to an activating group) is 2. The van der Waals surface area contributed by atoms with Gasteiger partial charge in [0.25, 0.3) is 5.56 Å². The molecule has 2 aliphatic heterocycles. The van der Waals surface area contributed by atoms with Crippen molar-refractivity contribution in [2.45, 2.75) is 102 Å². The molecule has 2 fully saturated rings. The summed E-state index contributed by atoms with van der Waals surface area (Å²) in [5, 5.41) is 0. The van der Waals surface area contributed by atoms with Crippen LogP contribution in [0.3, 0.4) is 0 Å². The number of pyridine rings is 2. The number of hydrogen-bond acceptors (Lipinski definition) is 10. The fraction of sp³-hybridized carbons (Fsp3) is 0.487. The number of nitrogens with one attached hydrogen (secondary N) is 1. The van der Waals surface area contributed by atoms with E-state index >= 15 is 0 Å². The maximum Gasteiger partial charge on any atom is 0.250 e. The Hall–Kier alpha value is -5.40. The molecule has 0 saturated heterocycles. The van der Waals surface area contributed by atoms with Crippen LogP contribution in [0, 0.1) is 0 Å². The van der Waals surface area contributed by atoms with Crippen molar-refractivity contribution >= 4 is 34.8 Å². The van der Waals surface area contributed by atoms with Crippen molar-refractivity contribution < 1.29 is 9.59 Å². The third-order valence-corrected chi connectivity index (χ3v) is 11.2. The van der Waals surface area contributed by atoms with Crippen LogP contribution in [0.25, 0.3) is 22.8 Å². The fourth-order valence-corrected chi connectivity index (χ4v) is 8.32. The average Bonchev–Trinajstić information content (AvgIpc) is 3.91. The van der Waals surface area contributed by atoms with Gasteiger partial charge in [-0.05, 0) is 50.7 Å². The predicted molar refractivity (Wildman–Crippen MR) is 205 cm³/mol. The molecule has 2 amide bonds. The van der Waals surface area contributed by atoms with Gasteiger partial charge in [-0.25, -0.2) is 19.9 Å². The number of aromatic nitrogens is 6. The predicted octanol–water partition coefficient (Wildman–Crippen LogP) is 4.68. The molecule has 278 valence electrons. The number of aromatic amines is 1. The van der Waals surface area contributed by atoms with E-state index in [4.69, 9.17) is 9.97 Å². The first-order chi connectivity index (χ1) is 25.6. The summed E-state index contributed by atoms with van der Waals surface area (Å²) in [6.07, 6.45) is 17.3. The number of nitrogens with zero attached hydrogens (tertiary/aromatic N) is 9. The lowest BCUT2D eigenvalue weighted by atomic mass is 10.0. The Morgan fingerprint density at radius 1 is 0.679 bits per heavy atom. The molecular formula is C39H48N10O4. The summed E-state index contributed by atoms with van der Waals surface area (Å²) in [6, 6.07) is 6.95. The highest BCUT2D eigenvalue weighted by molar-refractivity contribution is 6.05. The van der Waals surface area contributed by atoms with E-state index in [2.05, 4.69) is 24.8 Å². The normalized spacial score (nSPS) is 20.4. The third-order valence-electron chi connectivity index (χ3n) is 11.2. The Balaban J connectivity index is 0.000000164. The monoisotopic (exact) mass is 720 g/mol. The van der Waals surface area contributed by atoms with Gasteiger partial charge in [-0.3, -0.25) is 19.2 Å². The van der Waals surface area contributed by atoms with Gasteiger partial charge in [-0.1, -0.05) is 39.5 Å². The number of H-pyrrole nitrogens is 1. The summed E-state index contributed by atoms with van der Waals surface area (Å²) < 4.78 is 1.52. The minimum Gasteiger partial charge on any atom is -0.340 e. The maximum absolute atomic E-state index is 12.9. The van der Waals surface area contributed by atoms with Crippen LogP contribution >= 0.6 is 0 Å². The number of anilines is 4. The van der Waals surface area contributed by atoms with Gasteiger partial charge in [0.1, 0.15) is 23.5 Å². The number of hydrogen-bond donors (Lipinski definition) is 1. The molecule has 6 heterocycles. The van der Waals surface area contributed by atoms with Crippen molar-refractivity contribution in [1.82, 2.24) is 29.5 Å². The van der Waals surface area contributed by atoms with Crippen molar-refractivity contribution in [2.24, 2.45) is 7.05 Å². The van der Waals surface area contributed by atoms with E-state index in [0.717, 1.165) is 61.5 Å². The Morgan fingerprint density at radius 3 is 1.58 bits per heavy atom. The Morgan fingerprint density at radius 2 is 1.15 bits per heavy atom. The van der Waals surface area contributed by atoms with Crippen LogP contribution in [0.1, 0.15) is 78.1 Å². The molecular weight excluding hydrogens is 672 g/mol. The lowest BCUT2D eigenvalue weighted by Crippen LogP contribution is -2.55. The van der Waals surface area contributed by atoms with Crippen LogP contribution < -0.4 is 30.7 Å². The highest BCUT2D eigenvalue weighted by atomic mass is 16.2. The van der Waals surface area contributed by atoms with Gasteiger partial charge in [-0.2, -0.15) is 0 Å². The van der Waals surface area contributed by atoms with Crippen molar-refractivity contribution in [3.8, 4) is 22.8 Å². The van der Waals surface area contributed by atoms with Gasteiger partial charge >= 0.3 is 0 Å². The number of aryl methyl sites for hydroxylation is 1. The summed E-state index contributed by atoms with van der Waals surface area (Å²) in [5.74, 6) is 2.83. The second-order valence-corrected chi connectivity index (χ2v) is 14.4. The van der Waals surface area contributed by atoms with Gasteiger partial charge in [0.05, 0.1) is 12.4 Å². The zero-order valence-corrected chi connectivity index (χ0v) is 31.2. The van der Waals surface area contributed by atoms with Gasteiger partial charge in [0.15, 0.2) is 23.3 Å². The van der Waals surface area contributed by atoms with E-state index in [1.165, 1.54) is 36.3 Å².